The van der Waals surface area contributed by atoms with E-state index < -0.39 is 0 Å². The van der Waals surface area contributed by atoms with Crippen LogP contribution in [-0.2, 0) is 0 Å². The molecule has 1 unspecified atom stereocenters. The molecule has 1 aromatic carbocycles. The molecule has 0 bridgehead atoms. The van der Waals surface area contributed by atoms with Gasteiger partial charge in [-0.3, -0.25) is 0 Å². The molecule has 1 nitrogen and oxygen atoms in total. The van der Waals surface area contributed by atoms with Crippen molar-refractivity contribution in [3.8, 4) is 0 Å². The van der Waals surface area contributed by atoms with Gasteiger partial charge in [0.05, 0.1) is 0 Å². The van der Waals surface area contributed by atoms with Crippen LogP contribution < -0.4 is 5.32 Å². The van der Waals surface area contributed by atoms with Crippen LogP contribution in [0.15, 0.2) is 46.3 Å². The Labute approximate surface area is 115 Å². The van der Waals surface area contributed by atoms with Gasteiger partial charge in [0.15, 0.2) is 0 Å². The summed E-state index contributed by atoms with van der Waals surface area (Å²) in [5.41, 5.74) is 1.32. The van der Waals surface area contributed by atoms with Crippen molar-refractivity contribution < 1.29 is 0 Å². The second-order valence-corrected chi connectivity index (χ2v) is 6.07. The number of thiophene rings is 1. The van der Waals surface area contributed by atoms with Gasteiger partial charge in [-0.1, -0.05) is 34.1 Å². The summed E-state index contributed by atoms with van der Waals surface area (Å²) in [6.07, 6.45) is 0. The lowest BCUT2D eigenvalue weighted by molar-refractivity contribution is 0.500. The maximum atomic E-state index is 3.61. The van der Waals surface area contributed by atoms with E-state index in [4.69, 9.17) is 0 Å². The molecule has 2 aromatic rings. The predicted molar refractivity (Wildman–Crippen MR) is 78.4 cm³/mol. The number of rotatable bonds is 4. The lowest BCUT2D eigenvalue weighted by Gasteiger charge is -2.19. The zero-order chi connectivity index (χ0) is 12.3. The van der Waals surface area contributed by atoms with Crippen LogP contribution in [0.3, 0.4) is 0 Å². The van der Waals surface area contributed by atoms with Gasteiger partial charge in [0.1, 0.15) is 0 Å². The Kier molecular flexibility index (Phi) is 4.37. The van der Waals surface area contributed by atoms with Gasteiger partial charge >= 0.3 is 0 Å². The van der Waals surface area contributed by atoms with Gasteiger partial charge in [-0.15, -0.1) is 11.3 Å². The highest BCUT2D eigenvalue weighted by atomic mass is 79.9. The molecule has 0 aliphatic carbocycles. The summed E-state index contributed by atoms with van der Waals surface area (Å²) in [6, 6.07) is 13.5. The Bertz CT molecular complexity index is 450. The molecule has 0 saturated heterocycles. The van der Waals surface area contributed by atoms with E-state index in [1.165, 1.54) is 10.4 Å². The first-order valence-electron chi connectivity index (χ1n) is 5.71. The topological polar surface area (TPSA) is 12.0 Å². The predicted octanol–water partition coefficient (Wildman–Crippen LogP) is 4.92. The third-order valence-electron chi connectivity index (χ3n) is 2.84. The van der Waals surface area contributed by atoms with Gasteiger partial charge in [0.2, 0.25) is 0 Å². The monoisotopic (exact) mass is 309 g/mol. The summed E-state index contributed by atoms with van der Waals surface area (Å²) in [5, 5.41) is 5.74. The fourth-order valence-corrected chi connectivity index (χ4v) is 2.85. The van der Waals surface area contributed by atoms with Crippen molar-refractivity contribution in [2.45, 2.75) is 25.9 Å². The van der Waals surface area contributed by atoms with Gasteiger partial charge in [0, 0.05) is 21.4 Å². The van der Waals surface area contributed by atoms with Crippen LogP contribution in [-0.4, -0.2) is 0 Å². The zero-order valence-electron chi connectivity index (χ0n) is 9.98. The van der Waals surface area contributed by atoms with Crippen molar-refractivity contribution in [1.29, 1.82) is 0 Å². The molecule has 1 heterocycles. The van der Waals surface area contributed by atoms with Gasteiger partial charge in [-0.05, 0) is 43.0 Å². The van der Waals surface area contributed by atoms with E-state index in [-0.39, 0.29) is 0 Å². The maximum Gasteiger partial charge on any atom is 0.0391 e. The molecule has 90 valence electrons. The molecule has 2 rings (SSSR count). The van der Waals surface area contributed by atoms with E-state index in [2.05, 4.69) is 76.9 Å². The standard InChI is InChI=1S/C14H16BrNS/c1-10(12-5-7-13(15)8-6-12)16-11(2)14-4-3-9-17-14/h3-11,16H,1-2H3/t10?,11-/m1/s1. The molecule has 0 aliphatic heterocycles. The smallest absolute Gasteiger partial charge is 0.0391 e. The fraction of sp³-hybridized carbons (Fsp3) is 0.286. The molecular formula is C14H16BrNS. The first-order valence-corrected chi connectivity index (χ1v) is 7.39. The second kappa shape index (κ2) is 5.80. The van der Waals surface area contributed by atoms with Crippen LogP contribution in [0.1, 0.15) is 36.4 Å². The molecule has 1 aromatic heterocycles. The largest absolute Gasteiger partial charge is 0.303 e. The molecule has 2 atom stereocenters. The molecule has 0 spiro atoms. The van der Waals surface area contributed by atoms with E-state index >= 15 is 0 Å². The second-order valence-electron chi connectivity index (χ2n) is 4.18. The number of halogens is 1. The number of nitrogens with one attached hydrogen (secondary N) is 1. The van der Waals surface area contributed by atoms with Crippen molar-refractivity contribution in [3.05, 3.63) is 56.7 Å². The Morgan fingerprint density at radius 1 is 1.06 bits per heavy atom. The number of hydrogen-bond donors (Lipinski definition) is 1. The van der Waals surface area contributed by atoms with Crippen molar-refractivity contribution in [3.63, 3.8) is 0 Å². The van der Waals surface area contributed by atoms with Gasteiger partial charge < -0.3 is 5.32 Å². The number of hydrogen-bond acceptors (Lipinski definition) is 2. The van der Waals surface area contributed by atoms with Crippen molar-refractivity contribution in [2.75, 3.05) is 0 Å². The van der Waals surface area contributed by atoms with E-state index in [1.807, 2.05) is 0 Å². The highest BCUT2D eigenvalue weighted by Crippen LogP contribution is 2.23. The van der Waals surface area contributed by atoms with Crippen molar-refractivity contribution in [2.24, 2.45) is 0 Å². The zero-order valence-corrected chi connectivity index (χ0v) is 12.4. The third kappa shape index (κ3) is 3.41. The van der Waals surface area contributed by atoms with E-state index in [0.717, 1.165) is 4.47 Å². The minimum atomic E-state index is 0.361. The van der Waals surface area contributed by atoms with E-state index in [9.17, 15) is 0 Å². The van der Waals surface area contributed by atoms with Crippen LogP contribution in [0.2, 0.25) is 0 Å². The van der Waals surface area contributed by atoms with Crippen molar-refractivity contribution in [1.82, 2.24) is 5.32 Å². The quantitative estimate of drug-likeness (QED) is 0.845. The lowest BCUT2D eigenvalue weighted by atomic mass is 10.1. The van der Waals surface area contributed by atoms with Crippen molar-refractivity contribution >= 4 is 27.3 Å². The van der Waals surface area contributed by atoms with Crippen LogP contribution in [0.5, 0.6) is 0 Å². The molecule has 0 saturated carbocycles. The molecule has 0 aliphatic rings. The molecule has 0 amide bonds. The molecule has 1 N–H and O–H groups in total. The summed E-state index contributed by atoms with van der Waals surface area (Å²) in [4.78, 5) is 1.38. The molecular weight excluding hydrogens is 294 g/mol. The highest BCUT2D eigenvalue weighted by Gasteiger charge is 2.11. The maximum absolute atomic E-state index is 3.61. The lowest BCUT2D eigenvalue weighted by Crippen LogP contribution is -2.21. The number of benzene rings is 1. The van der Waals surface area contributed by atoms with Crippen LogP contribution in [0.4, 0.5) is 0 Å². The third-order valence-corrected chi connectivity index (χ3v) is 4.42. The summed E-state index contributed by atoms with van der Waals surface area (Å²) < 4.78 is 1.12. The van der Waals surface area contributed by atoms with Crippen LogP contribution in [0, 0.1) is 0 Å². The Morgan fingerprint density at radius 2 is 1.76 bits per heavy atom. The summed E-state index contributed by atoms with van der Waals surface area (Å²) in [6.45, 7) is 4.41. The van der Waals surface area contributed by atoms with Gasteiger partial charge in [-0.25, -0.2) is 0 Å². The van der Waals surface area contributed by atoms with Crippen LogP contribution >= 0.6 is 27.3 Å². The van der Waals surface area contributed by atoms with Gasteiger partial charge in [0.25, 0.3) is 0 Å². The highest BCUT2D eigenvalue weighted by molar-refractivity contribution is 9.10. The summed E-state index contributed by atoms with van der Waals surface area (Å²) in [7, 11) is 0. The SMILES string of the molecule is CC(N[C@H](C)c1cccs1)c1ccc(Br)cc1. The Morgan fingerprint density at radius 3 is 2.35 bits per heavy atom. The Balaban J connectivity index is 2.01. The fourth-order valence-electron chi connectivity index (χ4n) is 1.84. The minimum Gasteiger partial charge on any atom is -0.303 e. The average molecular weight is 310 g/mol. The summed E-state index contributed by atoms with van der Waals surface area (Å²) in [5.74, 6) is 0. The molecule has 0 radical (unpaired) electrons. The minimum absolute atomic E-state index is 0.361. The Hall–Kier alpha value is -0.640. The molecule has 3 heteroatoms. The summed E-state index contributed by atoms with van der Waals surface area (Å²) >= 11 is 5.26. The van der Waals surface area contributed by atoms with Crippen LogP contribution in [0.25, 0.3) is 0 Å². The first kappa shape index (κ1) is 12.8. The normalized spacial score (nSPS) is 14.5. The first-order chi connectivity index (χ1) is 8.16. The van der Waals surface area contributed by atoms with Gasteiger partial charge in [-0.2, -0.15) is 0 Å². The van der Waals surface area contributed by atoms with E-state index in [1.54, 1.807) is 11.3 Å². The molecule has 0 fully saturated rings. The van der Waals surface area contributed by atoms with E-state index in [0.29, 0.717) is 12.1 Å². The average Bonchev–Trinajstić information content (AvgIpc) is 2.83. The molecule has 17 heavy (non-hydrogen) atoms.